The highest BCUT2D eigenvalue weighted by atomic mass is 35.5. The number of hydrogen-bond donors (Lipinski definition) is 0. The van der Waals surface area contributed by atoms with Crippen LogP contribution in [0.15, 0.2) is 59.2 Å². The van der Waals surface area contributed by atoms with Gasteiger partial charge in [-0.3, -0.25) is 0 Å². The first-order valence-electron chi connectivity index (χ1n) is 6.16. The first-order chi connectivity index (χ1) is 10.1. The standard InChI is InChI=1S/C16H9ClFNO2/c17-12-5-1-3-10(7-12)8-14-16(20)21-15(19-14)11-4-2-6-13(18)9-11/h1-9H. The third-order valence-electron chi connectivity index (χ3n) is 2.84. The number of carbonyl (C=O) groups excluding carboxylic acids is 1. The maximum atomic E-state index is 13.2. The molecular weight excluding hydrogens is 293 g/mol. The van der Waals surface area contributed by atoms with Crippen LogP contribution in [0.25, 0.3) is 6.08 Å². The van der Waals surface area contributed by atoms with E-state index >= 15 is 0 Å². The zero-order chi connectivity index (χ0) is 14.8. The molecular formula is C16H9ClFNO2. The summed E-state index contributed by atoms with van der Waals surface area (Å²) in [4.78, 5) is 15.9. The van der Waals surface area contributed by atoms with Gasteiger partial charge in [0.2, 0.25) is 5.90 Å². The second-order valence-electron chi connectivity index (χ2n) is 4.40. The molecule has 21 heavy (non-hydrogen) atoms. The van der Waals surface area contributed by atoms with Crippen molar-refractivity contribution in [3.63, 3.8) is 0 Å². The Labute approximate surface area is 125 Å². The average molecular weight is 302 g/mol. The number of halogens is 2. The molecule has 1 aliphatic rings. The molecule has 1 heterocycles. The highest BCUT2D eigenvalue weighted by molar-refractivity contribution is 6.30. The molecule has 5 heteroatoms. The summed E-state index contributed by atoms with van der Waals surface area (Å²) in [5, 5.41) is 0.560. The van der Waals surface area contributed by atoms with Gasteiger partial charge in [0.15, 0.2) is 5.70 Å². The summed E-state index contributed by atoms with van der Waals surface area (Å²) in [5.41, 5.74) is 1.30. The molecule has 0 aliphatic carbocycles. The van der Waals surface area contributed by atoms with Gasteiger partial charge in [0.25, 0.3) is 0 Å². The molecule has 0 bridgehead atoms. The van der Waals surface area contributed by atoms with Gasteiger partial charge >= 0.3 is 5.97 Å². The van der Waals surface area contributed by atoms with Crippen molar-refractivity contribution in [3.05, 3.63) is 76.2 Å². The Hall–Kier alpha value is -2.46. The monoisotopic (exact) mass is 301 g/mol. The SMILES string of the molecule is O=C1OC(c2cccc(F)c2)=NC1=Cc1cccc(Cl)c1. The second-order valence-corrected chi connectivity index (χ2v) is 4.84. The molecule has 0 atom stereocenters. The Balaban J connectivity index is 1.95. The second kappa shape index (κ2) is 5.50. The van der Waals surface area contributed by atoms with Gasteiger partial charge in [-0.25, -0.2) is 14.2 Å². The number of cyclic esters (lactones) is 1. The number of benzene rings is 2. The summed E-state index contributed by atoms with van der Waals surface area (Å²) < 4.78 is 18.2. The lowest BCUT2D eigenvalue weighted by molar-refractivity contribution is -0.129. The Bertz CT molecular complexity index is 783. The van der Waals surface area contributed by atoms with Gasteiger partial charge in [-0.15, -0.1) is 0 Å². The maximum Gasteiger partial charge on any atom is 0.363 e. The molecule has 104 valence electrons. The summed E-state index contributed by atoms with van der Waals surface area (Å²) in [6.07, 6.45) is 1.57. The number of ether oxygens (including phenoxy) is 1. The van der Waals surface area contributed by atoms with Crippen molar-refractivity contribution in [2.75, 3.05) is 0 Å². The summed E-state index contributed by atoms with van der Waals surface area (Å²) in [7, 11) is 0. The fraction of sp³-hybridized carbons (Fsp3) is 0. The fourth-order valence-corrected chi connectivity index (χ4v) is 2.11. The van der Waals surface area contributed by atoms with E-state index in [0.29, 0.717) is 10.6 Å². The van der Waals surface area contributed by atoms with E-state index in [2.05, 4.69) is 4.99 Å². The van der Waals surface area contributed by atoms with Crippen LogP contribution in [-0.4, -0.2) is 11.9 Å². The van der Waals surface area contributed by atoms with Crippen LogP contribution in [0.3, 0.4) is 0 Å². The number of hydrogen-bond acceptors (Lipinski definition) is 3. The number of esters is 1. The van der Waals surface area contributed by atoms with E-state index in [1.54, 1.807) is 36.4 Å². The number of carbonyl (C=O) groups is 1. The third kappa shape index (κ3) is 3.01. The molecule has 0 saturated heterocycles. The van der Waals surface area contributed by atoms with Crippen LogP contribution in [0.4, 0.5) is 4.39 Å². The van der Waals surface area contributed by atoms with E-state index in [9.17, 15) is 9.18 Å². The van der Waals surface area contributed by atoms with Crippen molar-refractivity contribution in [1.29, 1.82) is 0 Å². The lowest BCUT2D eigenvalue weighted by Gasteiger charge is -1.98. The van der Waals surface area contributed by atoms with Crippen molar-refractivity contribution in [2.24, 2.45) is 4.99 Å². The van der Waals surface area contributed by atoms with Crippen molar-refractivity contribution in [3.8, 4) is 0 Å². The highest BCUT2D eigenvalue weighted by Crippen LogP contribution is 2.20. The summed E-state index contributed by atoms with van der Waals surface area (Å²) >= 11 is 5.89. The van der Waals surface area contributed by atoms with Crippen molar-refractivity contribution in [2.45, 2.75) is 0 Å². The topological polar surface area (TPSA) is 38.7 Å². The molecule has 0 radical (unpaired) electrons. The molecule has 2 aromatic carbocycles. The van der Waals surface area contributed by atoms with Gasteiger partial charge in [0, 0.05) is 10.6 Å². The predicted molar refractivity (Wildman–Crippen MR) is 78.5 cm³/mol. The lowest BCUT2D eigenvalue weighted by Crippen LogP contribution is -2.05. The molecule has 0 aromatic heterocycles. The van der Waals surface area contributed by atoms with E-state index < -0.39 is 11.8 Å². The molecule has 0 N–H and O–H groups in total. The Morgan fingerprint density at radius 2 is 1.95 bits per heavy atom. The van der Waals surface area contributed by atoms with E-state index in [1.807, 2.05) is 0 Å². The van der Waals surface area contributed by atoms with Crippen molar-refractivity contribution >= 4 is 29.5 Å². The van der Waals surface area contributed by atoms with Crippen LogP contribution in [-0.2, 0) is 9.53 Å². The number of aliphatic imine (C=N–C) groups is 1. The van der Waals surface area contributed by atoms with Crippen molar-refractivity contribution < 1.29 is 13.9 Å². The molecule has 0 unspecified atom stereocenters. The van der Waals surface area contributed by atoms with E-state index in [1.165, 1.54) is 18.2 Å². The van der Waals surface area contributed by atoms with Crippen LogP contribution >= 0.6 is 11.6 Å². The minimum absolute atomic E-state index is 0.0905. The van der Waals surface area contributed by atoms with Crippen LogP contribution in [0.1, 0.15) is 11.1 Å². The van der Waals surface area contributed by atoms with Gasteiger partial charge in [0.05, 0.1) is 0 Å². The van der Waals surface area contributed by atoms with Gasteiger partial charge in [0.1, 0.15) is 5.82 Å². The minimum Gasteiger partial charge on any atom is -0.402 e. The normalized spacial score (nSPS) is 16.0. The maximum absolute atomic E-state index is 13.2. The minimum atomic E-state index is -0.575. The molecule has 0 fully saturated rings. The zero-order valence-electron chi connectivity index (χ0n) is 10.7. The quantitative estimate of drug-likeness (QED) is 0.625. The van der Waals surface area contributed by atoms with Gasteiger partial charge in [-0.1, -0.05) is 29.8 Å². The fourth-order valence-electron chi connectivity index (χ4n) is 1.91. The molecule has 2 aromatic rings. The Morgan fingerprint density at radius 3 is 2.71 bits per heavy atom. The molecule has 0 saturated carbocycles. The molecule has 3 nitrogen and oxygen atoms in total. The van der Waals surface area contributed by atoms with Gasteiger partial charge in [-0.05, 0) is 42.0 Å². The zero-order valence-corrected chi connectivity index (χ0v) is 11.5. The summed E-state index contributed by atoms with van der Waals surface area (Å²) in [6.45, 7) is 0. The van der Waals surface area contributed by atoms with Crippen LogP contribution in [0, 0.1) is 5.82 Å². The van der Waals surface area contributed by atoms with E-state index in [-0.39, 0.29) is 11.6 Å². The predicted octanol–water partition coefficient (Wildman–Crippen LogP) is 3.82. The first kappa shape index (κ1) is 13.5. The molecule has 3 rings (SSSR count). The van der Waals surface area contributed by atoms with E-state index in [0.717, 1.165) is 5.56 Å². The Kier molecular flexibility index (Phi) is 3.54. The van der Waals surface area contributed by atoms with Crippen LogP contribution in [0.2, 0.25) is 5.02 Å². The van der Waals surface area contributed by atoms with E-state index in [4.69, 9.17) is 16.3 Å². The van der Waals surface area contributed by atoms with Crippen LogP contribution < -0.4 is 0 Å². The Morgan fingerprint density at radius 1 is 1.14 bits per heavy atom. The highest BCUT2D eigenvalue weighted by Gasteiger charge is 2.24. The smallest absolute Gasteiger partial charge is 0.363 e. The van der Waals surface area contributed by atoms with Crippen molar-refractivity contribution in [1.82, 2.24) is 0 Å². The number of nitrogens with zero attached hydrogens (tertiary/aromatic N) is 1. The largest absolute Gasteiger partial charge is 0.402 e. The number of rotatable bonds is 2. The van der Waals surface area contributed by atoms with Crippen LogP contribution in [0.5, 0.6) is 0 Å². The molecule has 0 spiro atoms. The van der Waals surface area contributed by atoms with Gasteiger partial charge in [-0.2, -0.15) is 0 Å². The van der Waals surface area contributed by atoms with Gasteiger partial charge < -0.3 is 4.74 Å². The summed E-state index contributed by atoms with van der Waals surface area (Å²) in [6, 6.07) is 12.7. The third-order valence-corrected chi connectivity index (χ3v) is 3.08. The lowest BCUT2D eigenvalue weighted by atomic mass is 10.2. The summed E-state index contributed by atoms with van der Waals surface area (Å²) in [5.74, 6) is -0.902. The first-order valence-corrected chi connectivity index (χ1v) is 6.54. The molecule has 0 amide bonds. The molecule has 1 aliphatic heterocycles. The average Bonchev–Trinajstić information content (AvgIpc) is 2.80.